The SMILES string of the molecule is NC1CC2CCC(C1)N2Cc1ccc2[nH]ccc2c1. The predicted octanol–water partition coefficient (Wildman–Crippen LogP) is 2.62. The topological polar surface area (TPSA) is 45.0 Å². The van der Waals surface area contributed by atoms with Crippen LogP contribution in [-0.2, 0) is 6.54 Å². The summed E-state index contributed by atoms with van der Waals surface area (Å²) in [4.78, 5) is 5.95. The molecule has 1 aromatic heterocycles. The molecule has 2 unspecified atom stereocenters. The molecule has 0 aliphatic carbocycles. The Morgan fingerprint density at radius 1 is 1.16 bits per heavy atom. The van der Waals surface area contributed by atoms with Gasteiger partial charge in [-0.05, 0) is 54.8 Å². The van der Waals surface area contributed by atoms with Crippen molar-refractivity contribution >= 4 is 10.9 Å². The molecule has 2 saturated heterocycles. The Hall–Kier alpha value is -1.32. The summed E-state index contributed by atoms with van der Waals surface area (Å²) in [6, 6.07) is 10.8. The second-order valence-electron chi connectivity index (χ2n) is 6.19. The maximum absolute atomic E-state index is 6.14. The standard InChI is InChI=1S/C16H21N3/c17-13-8-14-2-3-15(9-13)19(14)10-11-1-4-16-12(7-11)5-6-18-16/h1,4-7,13-15,18H,2-3,8-10,17H2. The Morgan fingerprint density at radius 3 is 2.74 bits per heavy atom. The number of aromatic nitrogens is 1. The highest BCUT2D eigenvalue weighted by atomic mass is 15.2. The number of nitrogens with one attached hydrogen (secondary N) is 1. The molecule has 0 amide bonds. The van der Waals surface area contributed by atoms with Crippen LogP contribution in [0.4, 0.5) is 0 Å². The molecule has 3 heterocycles. The molecular weight excluding hydrogens is 234 g/mol. The second-order valence-corrected chi connectivity index (χ2v) is 6.19. The van der Waals surface area contributed by atoms with Crippen LogP contribution in [0.2, 0.25) is 0 Å². The van der Waals surface area contributed by atoms with Crippen LogP contribution >= 0.6 is 0 Å². The molecule has 1 aromatic carbocycles. The molecule has 4 rings (SSSR count). The van der Waals surface area contributed by atoms with E-state index in [-0.39, 0.29) is 0 Å². The number of piperidine rings is 1. The van der Waals surface area contributed by atoms with Crippen molar-refractivity contribution in [3.8, 4) is 0 Å². The van der Waals surface area contributed by atoms with Crippen molar-refractivity contribution in [1.29, 1.82) is 0 Å². The normalized spacial score (nSPS) is 31.1. The van der Waals surface area contributed by atoms with Gasteiger partial charge in [0.1, 0.15) is 0 Å². The number of hydrogen-bond donors (Lipinski definition) is 2. The van der Waals surface area contributed by atoms with Crippen LogP contribution in [0.3, 0.4) is 0 Å². The van der Waals surface area contributed by atoms with Crippen LogP contribution in [-0.4, -0.2) is 28.0 Å². The molecule has 3 N–H and O–H groups in total. The number of hydrogen-bond acceptors (Lipinski definition) is 2. The van der Waals surface area contributed by atoms with E-state index in [1.165, 1.54) is 42.1 Å². The molecule has 3 nitrogen and oxygen atoms in total. The number of benzene rings is 1. The van der Waals surface area contributed by atoms with Crippen molar-refractivity contribution in [2.24, 2.45) is 5.73 Å². The third-order valence-electron chi connectivity index (χ3n) is 4.90. The fourth-order valence-electron chi connectivity index (χ4n) is 3.99. The van der Waals surface area contributed by atoms with Crippen LogP contribution in [0.15, 0.2) is 30.5 Å². The highest BCUT2D eigenvalue weighted by molar-refractivity contribution is 5.79. The maximum atomic E-state index is 6.14. The van der Waals surface area contributed by atoms with E-state index in [9.17, 15) is 0 Å². The molecule has 0 spiro atoms. The molecular formula is C16H21N3. The Labute approximate surface area is 113 Å². The lowest BCUT2D eigenvalue weighted by Gasteiger charge is -2.37. The van der Waals surface area contributed by atoms with E-state index < -0.39 is 0 Å². The first kappa shape index (κ1) is 11.5. The molecule has 19 heavy (non-hydrogen) atoms. The maximum Gasteiger partial charge on any atom is 0.0454 e. The molecule has 2 bridgehead atoms. The first-order valence-corrected chi connectivity index (χ1v) is 7.37. The summed E-state index contributed by atoms with van der Waals surface area (Å²) >= 11 is 0. The quantitative estimate of drug-likeness (QED) is 0.866. The van der Waals surface area contributed by atoms with Crippen LogP contribution in [0, 0.1) is 0 Å². The van der Waals surface area contributed by atoms with E-state index in [4.69, 9.17) is 5.73 Å². The van der Waals surface area contributed by atoms with Crippen molar-refractivity contribution < 1.29 is 0 Å². The van der Waals surface area contributed by atoms with Gasteiger partial charge in [-0.1, -0.05) is 6.07 Å². The van der Waals surface area contributed by atoms with Crippen LogP contribution in [0.1, 0.15) is 31.2 Å². The number of fused-ring (bicyclic) bond motifs is 3. The third-order valence-corrected chi connectivity index (χ3v) is 4.90. The van der Waals surface area contributed by atoms with E-state index >= 15 is 0 Å². The zero-order valence-corrected chi connectivity index (χ0v) is 11.2. The largest absolute Gasteiger partial charge is 0.361 e. The second kappa shape index (κ2) is 4.36. The van der Waals surface area contributed by atoms with Gasteiger partial charge in [0.15, 0.2) is 0 Å². The molecule has 2 fully saturated rings. The van der Waals surface area contributed by atoms with Crippen LogP contribution in [0.25, 0.3) is 10.9 Å². The summed E-state index contributed by atoms with van der Waals surface area (Å²) in [5.41, 5.74) is 8.80. The fourth-order valence-corrected chi connectivity index (χ4v) is 3.99. The zero-order chi connectivity index (χ0) is 12.8. The molecule has 2 aromatic rings. The highest BCUT2D eigenvalue weighted by Crippen LogP contribution is 2.36. The molecule has 100 valence electrons. The van der Waals surface area contributed by atoms with Gasteiger partial charge in [0.25, 0.3) is 0 Å². The average molecular weight is 255 g/mol. The fraction of sp³-hybridized carbons (Fsp3) is 0.500. The van der Waals surface area contributed by atoms with Crippen LogP contribution < -0.4 is 5.73 Å². The molecule has 0 radical (unpaired) electrons. The minimum Gasteiger partial charge on any atom is -0.361 e. The van der Waals surface area contributed by atoms with Gasteiger partial charge in [0, 0.05) is 36.4 Å². The van der Waals surface area contributed by atoms with Crippen LogP contribution in [0.5, 0.6) is 0 Å². The molecule has 2 aliphatic rings. The molecule has 2 atom stereocenters. The van der Waals surface area contributed by atoms with E-state index in [1.807, 2.05) is 6.20 Å². The summed E-state index contributed by atoms with van der Waals surface area (Å²) in [7, 11) is 0. The van der Waals surface area contributed by atoms with Gasteiger partial charge >= 0.3 is 0 Å². The number of aromatic amines is 1. The summed E-state index contributed by atoms with van der Waals surface area (Å²) < 4.78 is 0. The van der Waals surface area contributed by atoms with Gasteiger partial charge in [0.05, 0.1) is 0 Å². The van der Waals surface area contributed by atoms with Gasteiger partial charge in [0.2, 0.25) is 0 Å². The Balaban J connectivity index is 1.57. The first-order chi connectivity index (χ1) is 9.29. The summed E-state index contributed by atoms with van der Waals surface area (Å²) in [5, 5.41) is 1.32. The van der Waals surface area contributed by atoms with Gasteiger partial charge in [-0.15, -0.1) is 0 Å². The minimum absolute atomic E-state index is 0.431. The number of H-pyrrole nitrogens is 1. The van der Waals surface area contributed by atoms with E-state index in [2.05, 4.69) is 34.1 Å². The highest BCUT2D eigenvalue weighted by Gasteiger charge is 2.39. The smallest absolute Gasteiger partial charge is 0.0454 e. The number of nitrogens with two attached hydrogens (primary N) is 1. The first-order valence-electron chi connectivity index (χ1n) is 7.37. The van der Waals surface area contributed by atoms with E-state index in [0.29, 0.717) is 6.04 Å². The zero-order valence-electron chi connectivity index (χ0n) is 11.2. The van der Waals surface area contributed by atoms with E-state index in [0.717, 1.165) is 18.6 Å². The third kappa shape index (κ3) is 1.97. The lowest BCUT2D eigenvalue weighted by molar-refractivity contribution is 0.120. The number of rotatable bonds is 2. The van der Waals surface area contributed by atoms with Crippen molar-refractivity contribution in [2.75, 3.05) is 0 Å². The van der Waals surface area contributed by atoms with Crippen molar-refractivity contribution in [1.82, 2.24) is 9.88 Å². The predicted molar refractivity (Wildman–Crippen MR) is 77.9 cm³/mol. The summed E-state index contributed by atoms with van der Waals surface area (Å²) in [5.74, 6) is 0. The Morgan fingerprint density at radius 2 is 1.95 bits per heavy atom. The van der Waals surface area contributed by atoms with Crippen molar-refractivity contribution in [3.63, 3.8) is 0 Å². The van der Waals surface area contributed by atoms with E-state index in [1.54, 1.807) is 0 Å². The van der Waals surface area contributed by atoms with Gasteiger partial charge in [-0.2, -0.15) is 0 Å². The minimum atomic E-state index is 0.431. The molecule has 3 heteroatoms. The number of nitrogens with zero attached hydrogens (tertiary/aromatic N) is 1. The van der Waals surface area contributed by atoms with Crippen molar-refractivity contribution in [2.45, 2.75) is 50.4 Å². The van der Waals surface area contributed by atoms with Gasteiger partial charge in [-0.25, -0.2) is 0 Å². The Bertz CT molecular complexity index is 574. The summed E-state index contributed by atoms with van der Waals surface area (Å²) in [6.45, 7) is 1.09. The van der Waals surface area contributed by atoms with Gasteiger partial charge < -0.3 is 10.7 Å². The molecule has 0 saturated carbocycles. The Kier molecular flexibility index (Phi) is 2.64. The average Bonchev–Trinajstić information content (AvgIpc) is 2.94. The lowest BCUT2D eigenvalue weighted by Crippen LogP contribution is -2.46. The monoisotopic (exact) mass is 255 g/mol. The summed E-state index contributed by atoms with van der Waals surface area (Å²) in [6.07, 6.45) is 7.05. The molecule has 2 aliphatic heterocycles. The van der Waals surface area contributed by atoms with Crippen molar-refractivity contribution in [3.05, 3.63) is 36.0 Å². The van der Waals surface area contributed by atoms with Gasteiger partial charge in [-0.3, -0.25) is 4.90 Å². The lowest BCUT2D eigenvalue weighted by atomic mass is 9.97.